The zero-order chi connectivity index (χ0) is 33.9. The predicted molar refractivity (Wildman–Crippen MR) is 171 cm³/mol. The van der Waals surface area contributed by atoms with Gasteiger partial charge in [-0.05, 0) is 92.0 Å². The Balaban J connectivity index is 1.38. The Morgan fingerprint density at radius 2 is 1.64 bits per heavy atom. The maximum absolute atomic E-state index is 14.0. The zero-order valence-corrected chi connectivity index (χ0v) is 25.8. The van der Waals surface area contributed by atoms with Gasteiger partial charge in [0.15, 0.2) is 11.4 Å². The summed E-state index contributed by atoms with van der Waals surface area (Å²) in [6.07, 6.45) is 0.130. The number of primary amides is 1. The van der Waals surface area contributed by atoms with Crippen molar-refractivity contribution in [3.8, 4) is 22.6 Å². The maximum atomic E-state index is 14.0. The Kier molecular flexibility index (Phi) is 7.65. The summed E-state index contributed by atoms with van der Waals surface area (Å²) < 4.78 is 5.14. The predicted octanol–water partition coefficient (Wildman–Crippen LogP) is 2.89. The number of likely N-dealkylation sites (N-methyl/N-ethyl adjacent to an activating group) is 1. The number of phenolic OH excluding ortho intramolecular Hbond substituents is 1. The number of Topliss-reactive ketones (excluding diaryl/α,β-unsaturated/α-hetero) is 2. The molecule has 6 rings (SSSR count). The third-order valence-electron chi connectivity index (χ3n) is 9.41. The highest BCUT2D eigenvalue weighted by Crippen LogP contribution is 2.53. The van der Waals surface area contributed by atoms with Gasteiger partial charge >= 0.3 is 0 Å². The number of ether oxygens (including phenoxy) is 1. The van der Waals surface area contributed by atoms with Crippen molar-refractivity contribution in [3.63, 3.8) is 0 Å². The average Bonchev–Trinajstić information content (AvgIpc) is 3.03. The lowest BCUT2D eigenvalue weighted by Crippen LogP contribution is -2.65. The number of benzene rings is 3. The third kappa shape index (κ3) is 4.84. The molecule has 0 aromatic heterocycles. The van der Waals surface area contributed by atoms with Crippen LogP contribution in [0.5, 0.6) is 11.5 Å². The first-order valence-electron chi connectivity index (χ1n) is 14.8. The summed E-state index contributed by atoms with van der Waals surface area (Å²) in [5.41, 5.74) is 4.45. The normalized spacial score (nSPS) is 23.6. The number of anilines is 1. The summed E-state index contributed by atoms with van der Waals surface area (Å²) in [4.78, 5) is 53.8. The van der Waals surface area contributed by atoms with Crippen molar-refractivity contribution >= 4 is 34.8 Å². The summed E-state index contributed by atoms with van der Waals surface area (Å²) in [6.45, 7) is 0. The molecule has 47 heavy (non-hydrogen) atoms. The molecule has 12 nitrogen and oxygen atoms in total. The van der Waals surface area contributed by atoms with Crippen LogP contribution in [0.1, 0.15) is 27.9 Å². The van der Waals surface area contributed by atoms with Crippen LogP contribution >= 0.6 is 0 Å². The Bertz CT molecular complexity index is 1910. The van der Waals surface area contributed by atoms with E-state index >= 15 is 0 Å². The van der Waals surface area contributed by atoms with Gasteiger partial charge in [-0.25, -0.2) is 0 Å². The van der Waals surface area contributed by atoms with Crippen LogP contribution in [-0.4, -0.2) is 81.6 Å². The highest BCUT2D eigenvalue weighted by molar-refractivity contribution is 6.24. The van der Waals surface area contributed by atoms with E-state index in [1.54, 1.807) is 68.7 Å². The molecule has 3 aliphatic rings. The van der Waals surface area contributed by atoms with Crippen LogP contribution in [0, 0.1) is 11.8 Å². The lowest BCUT2D eigenvalue weighted by molar-refractivity contribution is -0.153. The third-order valence-corrected chi connectivity index (χ3v) is 9.41. The number of aromatic hydroxyl groups is 1. The molecule has 0 heterocycles. The fourth-order valence-corrected chi connectivity index (χ4v) is 7.19. The van der Waals surface area contributed by atoms with Crippen molar-refractivity contribution in [1.29, 1.82) is 0 Å². The van der Waals surface area contributed by atoms with Crippen LogP contribution in [0.2, 0.25) is 0 Å². The molecule has 0 aliphatic heterocycles. The van der Waals surface area contributed by atoms with Gasteiger partial charge in [-0.3, -0.25) is 24.1 Å². The van der Waals surface area contributed by atoms with Gasteiger partial charge in [0.25, 0.3) is 11.8 Å². The number of rotatable bonds is 6. The van der Waals surface area contributed by atoms with Crippen molar-refractivity contribution in [2.24, 2.45) is 17.6 Å². The number of hydrogen-bond acceptors (Lipinski definition) is 10. The van der Waals surface area contributed by atoms with Crippen molar-refractivity contribution in [2.45, 2.75) is 24.5 Å². The van der Waals surface area contributed by atoms with Crippen molar-refractivity contribution in [3.05, 3.63) is 94.3 Å². The number of methoxy groups -OCH3 is 1. The van der Waals surface area contributed by atoms with Crippen molar-refractivity contribution in [2.75, 3.05) is 26.5 Å². The van der Waals surface area contributed by atoms with E-state index in [9.17, 15) is 39.6 Å². The summed E-state index contributed by atoms with van der Waals surface area (Å²) >= 11 is 0. The minimum Gasteiger partial charge on any atom is -0.508 e. The van der Waals surface area contributed by atoms with Crippen molar-refractivity contribution < 1.29 is 44.3 Å². The van der Waals surface area contributed by atoms with E-state index in [-0.39, 0.29) is 35.6 Å². The number of phenols is 1. The second-order valence-corrected chi connectivity index (χ2v) is 12.2. The monoisotopic (exact) mass is 639 g/mol. The molecule has 3 aromatic rings. The second kappa shape index (κ2) is 11.4. The number of ketones is 2. The van der Waals surface area contributed by atoms with Gasteiger partial charge < -0.3 is 36.2 Å². The quantitative estimate of drug-likeness (QED) is 0.218. The topological polar surface area (TPSA) is 200 Å². The molecule has 4 atom stereocenters. The Morgan fingerprint density at radius 1 is 0.979 bits per heavy atom. The van der Waals surface area contributed by atoms with Crippen LogP contribution in [0.4, 0.5) is 5.69 Å². The molecular formula is C35H33N3O9. The van der Waals surface area contributed by atoms with E-state index in [1.807, 2.05) is 0 Å². The lowest BCUT2D eigenvalue weighted by Gasteiger charge is -2.50. The van der Waals surface area contributed by atoms with Crippen LogP contribution in [0.25, 0.3) is 16.9 Å². The van der Waals surface area contributed by atoms with E-state index in [1.165, 1.54) is 18.1 Å². The van der Waals surface area contributed by atoms with Gasteiger partial charge in [-0.2, -0.15) is 0 Å². The summed E-state index contributed by atoms with van der Waals surface area (Å²) in [5.74, 6) is -6.74. The fraction of sp³-hybridized carbons (Fsp3) is 0.257. The average molecular weight is 640 g/mol. The van der Waals surface area contributed by atoms with Crippen LogP contribution in [0.3, 0.4) is 0 Å². The number of aliphatic hydroxyl groups is 3. The van der Waals surface area contributed by atoms with Gasteiger partial charge in [-0.1, -0.05) is 18.2 Å². The molecule has 242 valence electrons. The number of fused-ring (bicyclic) bond motifs is 3. The van der Waals surface area contributed by atoms with E-state index in [2.05, 4.69) is 5.32 Å². The molecule has 0 bridgehead atoms. The van der Waals surface area contributed by atoms with Gasteiger partial charge in [0.05, 0.1) is 18.7 Å². The maximum Gasteiger partial charge on any atom is 0.255 e. The van der Waals surface area contributed by atoms with Crippen LogP contribution < -0.4 is 15.8 Å². The molecule has 0 radical (unpaired) electrons. The molecule has 3 aliphatic carbocycles. The number of carbonyl (C=O) groups excluding carboxylic acids is 4. The Hall–Kier alpha value is -5.46. The number of nitrogens with zero attached hydrogens (tertiary/aromatic N) is 1. The van der Waals surface area contributed by atoms with Gasteiger partial charge in [0.1, 0.15) is 28.6 Å². The summed E-state index contributed by atoms with van der Waals surface area (Å²) in [7, 11) is 4.64. The largest absolute Gasteiger partial charge is 0.508 e. The van der Waals surface area contributed by atoms with Crippen LogP contribution in [-0.2, 0) is 20.8 Å². The number of nitrogens with one attached hydrogen (secondary N) is 1. The molecule has 0 saturated heterocycles. The Morgan fingerprint density at radius 3 is 2.23 bits per heavy atom. The highest BCUT2D eigenvalue weighted by atomic mass is 16.5. The van der Waals surface area contributed by atoms with E-state index in [0.717, 1.165) is 0 Å². The van der Waals surface area contributed by atoms with Gasteiger partial charge in [0, 0.05) is 22.7 Å². The first kappa shape index (κ1) is 31.5. The lowest BCUT2D eigenvalue weighted by atomic mass is 9.57. The van der Waals surface area contributed by atoms with E-state index in [4.69, 9.17) is 10.5 Å². The molecule has 2 amide bonds. The minimum atomic E-state index is -2.70. The van der Waals surface area contributed by atoms with E-state index < -0.39 is 58.0 Å². The number of nitrogens with two attached hydrogens (primary N) is 1. The molecule has 0 spiro atoms. The first-order chi connectivity index (χ1) is 22.3. The van der Waals surface area contributed by atoms with Crippen molar-refractivity contribution in [1.82, 2.24) is 4.90 Å². The highest BCUT2D eigenvalue weighted by Gasteiger charge is 2.64. The minimum absolute atomic E-state index is 0.00401. The molecule has 1 saturated carbocycles. The fourth-order valence-electron chi connectivity index (χ4n) is 7.19. The standard InChI is InChI=1S/C35H33N3O9/c1-38(2)28-23-15-18-14-22-21(16-4-8-19(9-5-16)37-34(45)17-6-10-20(47-3)11-7-17)12-13-24(39)26(22)29(40)25(18)31(42)35(23,46)32(43)27(30(28)41)33(36)44/h4-13,18,23,28,39-40,43,46H,14-15H2,1-3H3,(H2,36,44)(H,37,45)/t18-,23-,28?,35-/m1/s1. The molecule has 1 unspecified atom stereocenters. The molecule has 1 fully saturated rings. The van der Waals surface area contributed by atoms with Gasteiger partial charge in [0.2, 0.25) is 5.78 Å². The van der Waals surface area contributed by atoms with E-state index in [0.29, 0.717) is 33.7 Å². The number of amides is 2. The SMILES string of the molecule is COc1ccc(C(=O)Nc2ccc(-c3ccc(O)c4c3C[C@@H]3C[C@@H]5C(N(C)C)C(=O)C(C(N)=O)=C(O)[C@]5(O)C(=O)C3=C4O)cc2)cc1. The summed E-state index contributed by atoms with van der Waals surface area (Å²) in [5, 5.41) is 48.0. The number of aliphatic hydroxyl groups excluding tert-OH is 2. The smallest absolute Gasteiger partial charge is 0.255 e. The molecule has 12 heteroatoms. The number of carbonyl (C=O) groups is 4. The molecular weight excluding hydrogens is 606 g/mol. The van der Waals surface area contributed by atoms with Crippen LogP contribution in [0.15, 0.2) is 77.6 Å². The second-order valence-electron chi connectivity index (χ2n) is 12.2. The Labute approximate surface area is 269 Å². The molecule has 7 N–H and O–H groups in total. The molecule has 3 aromatic carbocycles. The first-order valence-corrected chi connectivity index (χ1v) is 14.8. The number of hydrogen-bond donors (Lipinski definition) is 6. The zero-order valence-electron chi connectivity index (χ0n) is 25.8. The summed E-state index contributed by atoms with van der Waals surface area (Å²) in [6, 6.07) is 15.5. The van der Waals surface area contributed by atoms with Gasteiger partial charge in [-0.15, -0.1) is 0 Å².